The molecule has 0 saturated heterocycles. The molecule has 0 bridgehead atoms. The number of thiazole rings is 1. The Morgan fingerprint density at radius 1 is 1.06 bits per heavy atom. The van der Waals surface area contributed by atoms with E-state index in [4.69, 9.17) is 19.7 Å². The maximum atomic E-state index is 14.3. The Bertz CT molecular complexity index is 2140. The van der Waals surface area contributed by atoms with Gasteiger partial charge in [-0.2, -0.15) is 5.26 Å². The van der Waals surface area contributed by atoms with Gasteiger partial charge in [0, 0.05) is 47.9 Å². The molecule has 240 valence electrons. The number of anilines is 1. The van der Waals surface area contributed by atoms with Crippen LogP contribution in [0.15, 0.2) is 90.4 Å². The number of pyridine rings is 1. The van der Waals surface area contributed by atoms with Gasteiger partial charge in [-0.25, -0.2) is 19.3 Å². The molecule has 0 aliphatic heterocycles. The van der Waals surface area contributed by atoms with Crippen molar-refractivity contribution in [1.29, 1.82) is 5.26 Å². The fourth-order valence-electron chi connectivity index (χ4n) is 5.15. The third-order valence-electron chi connectivity index (χ3n) is 7.71. The van der Waals surface area contributed by atoms with Gasteiger partial charge in [-0.15, -0.1) is 11.3 Å². The molecule has 1 N–H and O–H groups in total. The lowest BCUT2D eigenvalue weighted by Gasteiger charge is -2.17. The van der Waals surface area contributed by atoms with Crippen LogP contribution in [0.1, 0.15) is 39.8 Å². The summed E-state index contributed by atoms with van der Waals surface area (Å²) in [7, 11) is 1.48. The Balaban J connectivity index is 1.22. The van der Waals surface area contributed by atoms with E-state index in [2.05, 4.69) is 15.3 Å². The first kappa shape index (κ1) is 32.2. The van der Waals surface area contributed by atoms with Crippen molar-refractivity contribution in [3.05, 3.63) is 124 Å². The zero-order chi connectivity index (χ0) is 33.6. The number of aromatic nitrogens is 4. The van der Waals surface area contributed by atoms with Crippen molar-refractivity contribution in [2.45, 2.75) is 32.6 Å². The van der Waals surface area contributed by atoms with Gasteiger partial charge < -0.3 is 14.0 Å². The van der Waals surface area contributed by atoms with Crippen LogP contribution in [0.2, 0.25) is 0 Å². The first-order valence-electron chi connectivity index (χ1n) is 14.9. The molecular weight excluding hydrogens is 631 g/mol. The Hall–Kier alpha value is -5.77. The smallest absolute Gasteiger partial charge is 0.257 e. The van der Waals surface area contributed by atoms with Gasteiger partial charge >= 0.3 is 0 Å². The van der Waals surface area contributed by atoms with Gasteiger partial charge in [-0.1, -0.05) is 36.4 Å². The lowest BCUT2D eigenvalue weighted by atomic mass is 10.1. The number of rotatable bonds is 12. The molecule has 10 nitrogen and oxygen atoms in total. The summed E-state index contributed by atoms with van der Waals surface area (Å²) < 4.78 is 27.6. The zero-order valence-electron chi connectivity index (χ0n) is 26.0. The predicted molar refractivity (Wildman–Crippen MR) is 179 cm³/mol. The molecule has 1 atom stereocenters. The molecule has 3 aromatic carbocycles. The number of imidazole rings is 1. The van der Waals surface area contributed by atoms with E-state index in [1.807, 2.05) is 53.1 Å². The highest BCUT2D eigenvalue weighted by molar-refractivity contribution is 7.13. The maximum absolute atomic E-state index is 14.3. The summed E-state index contributed by atoms with van der Waals surface area (Å²) in [5.74, 6) is 0.117. The van der Waals surface area contributed by atoms with E-state index >= 15 is 0 Å². The largest absolute Gasteiger partial charge is 0.473 e. The van der Waals surface area contributed by atoms with Crippen LogP contribution in [0, 0.1) is 17.1 Å². The second-order valence-corrected chi connectivity index (χ2v) is 11.8. The summed E-state index contributed by atoms with van der Waals surface area (Å²) >= 11 is 1.31. The maximum Gasteiger partial charge on any atom is 0.257 e. The van der Waals surface area contributed by atoms with Crippen molar-refractivity contribution in [3.8, 4) is 23.2 Å². The summed E-state index contributed by atoms with van der Waals surface area (Å²) in [5, 5.41) is 14.0. The van der Waals surface area contributed by atoms with Gasteiger partial charge in [-0.05, 0) is 48.9 Å². The van der Waals surface area contributed by atoms with Crippen LogP contribution in [0.3, 0.4) is 0 Å². The summed E-state index contributed by atoms with van der Waals surface area (Å²) in [6.07, 6.45) is 1.21. The SMILES string of the molecule is CO[C@@H](Cn1c(Cc2ccc(-c3cccc(OCc4ccc(C#N)cc4F)n3)cc2)nc2ccc(C(C)=O)cc21)C(=O)Nc1nccs1. The third kappa shape index (κ3) is 7.28. The molecular formula is C36H29FN6O4S. The zero-order valence-corrected chi connectivity index (χ0v) is 26.8. The first-order valence-corrected chi connectivity index (χ1v) is 15.8. The number of carbonyl (C=O) groups is 2. The van der Waals surface area contributed by atoms with Crippen LogP contribution in [-0.2, 0) is 29.1 Å². The van der Waals surface area contributed by atoms with Gasteiger partial charge in [-0.3, -0.25) is 14.9 Å². The van der Waals surface area contributed by atoms with E-state index in [9.17, 15) is 14.0 Å². The number of amides is 1. The summed E-state index contributed by atoms with van der Waals surface area (Å²) in [6.45, 7) is 1.65. The molecule has 0 fully saturated rings. The van der Waals surface area contributed by atoms with Gasteiger partial charge in [0.1, 0.15) is 18.2 Å². The quantitative estimate of drug-likeness (QED) is 0.145. The molecule has 6 rings (SSSR count). The average Bonchev–Trinajstić information content (AvgIpc) is 3.73. The van der Waals surface area contributed by atoms with Crippen LogP contribution in [0.25, 0.3) is 22.3 Å². The van der Waals surface area contributed by atoms with Crippen molar-refractivity contribution in [3.63, 3.8) is 0 Å². The van der Waals surface area contributed by atoms with Crippen molar-refractivity contribution < 1.29 is 23.5 Å². The van der Waals surface area contributed by atoms with Crippen LogP contribution < -0.4 is 10.1 Å². The molecule has 6 aromatic rings. The van der Waals surface area contributed by atoms with Gasteiger partial charge in [0.05, 0.1) is 34.9 Å². The monoisotopic (exact) mass is 660 g/mol. The van der Waals surface area contributed by atoms with E-state index in [0.717, 1.165) is 16.6 Å². The van der Waals surface area contributed by atoms with E-state index < -0.39 is 11.9 Å². The number of methoxy groups -OCH3 is 1. The number of halogens is 1. The van der Waals surface area contributed by atoms with E-state index in [0.29, 0.717) is 45.6 Å². The van der Waals surface area contributed by atoms with E-state index in [1.54, 1.807) is 35.8 Å². The number of nitriles is 1. The Morgan fingerprint density at radius 2 is 1.90 bits per heavy atom. The minimum atomic E-state index is -0.845. The molecule has 3 aromatic heterocycles. The molecule has 0 aliphatic carbocycles. The summed E-state index contributed by atoms with van der Waals surface area (Å²) in [5.41, 5.74) is 5.03. The molecule has 3 heterocycles. The lowest BCUT2D eigenvalue weighted by molar-refractivity contribution is -0.126. The molecule has 0 aliphatic rings. The number of hydrogen-bond donors (Lipinski definition) is 1. The standard InChI is InChI=1S/C36H29FN6O4S/c1-22(44)26-12-13-30-31(18-26)43(20-32(46-2)35(45)42-36-39-14-15-48-36)33(40-30)17-23-6-9-25(10-7-23)29-4-3-5-34(41-29)47-21-27-11-8-24(19-38)16-28(27)37/h3-16,18,32H,17,20-21H2,1-2H3,(H,39,42,45)/t32-/m0/s1. The van der Waals surface area contributed by atoms with Crippen molar-refractivity contribution in [1.82, 2.24) is 19.5 Å². The molecule has 0 spiro atoms. The molecule has 0 saturated carbocycles. The number of fused-ring (bicyclic) bond motifs is 1. The normalized spacial score (nSPS) is 11.6. The minimum absolute atomic E-state index is 0.0294. The fraction of sp³-hybridized carbons (Fsp3) is 0.167. The van der Waals surface area contributed by atoms with Gasteiger partial charge in [0.25, 0.3) is 5.91 Å². The number of hydrogen-bond acceptors (Lipinski definition) is 9. The van der Waals surface area contributed by atoms with E-state index in [1.165, 1.54) is 37.5 Å². The molecule has 1 amide bonds. The Labute approximate surface area is 279 Å². The lowest BCUT2D eigenvalue weighted by Crippen LogP contribution is -2.34. The highest BCUT2D eigenvalue weighted by Crippen LogP contribution is 2.25. The molecule has 0 radical (unpaired) electrons. The number of nitrogens with zero attached hydrogens (tertiary/aromatic N) is 5. The minimum Gasteiger partial charge on any atom is -0.473 e. The number of nitrogens with one attached hydrogen (secondary N) is 1. The number of ketones is 1. The van der Waals surface area contributed by atoms with E-state index in [-0.39, 0.29) is 30.4 Å². The highest BCUT2D eigenvalue weighted by atomic mass is 32.1. The van der Waals surface area contributed by atoms with Crippen molar-refractivity contribution in [2.24, 2.45) is 0 Å². The molecule has 48 heavy (non-hydrogen) atoms. The fourth-order valence-corrected chi connectivity index (χ4v) is 5.68. The van der Waals surface area contributed by atoms with Gasteiger partial charge in [0.15, 0.2) is 17.0 Å². The molecule has 0 unspecified atom stereocenters. The number of carbonyl (C=O) groups excluding carboxylic acids is 2. The Morgan fingerprint density at radius 3 is 2.60 bits per heavy atom. The third-order valence-corrected chi connectivity index (χ3v) is 8.40. The van der Waals surface area contributed by atoms with Crippen molar-refractivity contribution >= 4 is 39.2 Å². The van der Waals surface area contributed by atoms with Crippen LogP contribution in [0.4, 0.5) is 9.52 Å². The van der Waals surface area contributed by atoms with Crippen LogP contribution in [-0.4, -0.2) is 44.4 Å². The second kappa shape index (κ2) is 14.3. The highest BCUT2D eigenvalue weighted by Gasteiger charge is 2.23. The second-order valence-electron chi connectivity index (χ2n) is 10.9. The van der Waals surface area contributed by atoms with Crippen LogP contribution >= 0.6 is 11.3 Å². The molecule has 12 heteroatoms. The number of benzene rings is 3. The summed E-state index contributed by atoms with van der Waals surface area (Å²) in [4.78, 5) is 38.9. The number of Topliss-reactive ketones (excluding diaryl/α,β-unsaturated/α-hetero) is 1. The topological polar surface area (TPSA) is 132 Å². The number of ether oxygens (including phenoxy) is 2. The average molecular weight is 661 g/mol. The van der Waals surface area contributed by atoms with Crippen molar-refractivity contribution in [2.75, 3.05) is 12.4 Å². The Kier molecular flexibility index (Phi) is 9.61. The summed E-state index contributed by atoms with van der Waals surface area (Å²) in [6, 6.07) is 24.7. The van der Waals surface area contributed by atoms with Crippen LogP contribution in [0.5, 0.6) is 5.88 Å². The first-order chi connectivity index (χ1) is 23.3. The van der Waals surface area contributed by atoms with Gasteiger partial charge in [0.2, 0.25) is 5.88 Å². The predicted octanol–water partition coefficient (Wildman–Crippen LogP) is 6.59.